The summed E-state index contributed by atoms with van der Waals surface area (Å²) in [7, 11) is -3.48. The minimum Gasteiger partial charge on any atom is -0.326 e. The van der Waals surface area contributed by atoms with Crippen molar-refractivity contribution in [3.63, 3.8) is 0 Å². The van der Waals surface area contributed by atoms with Crippen molar-refractivity contribution in [3.05, 3.63) is 24.3 Å². The van der Waals surface area contributed by atoms with Crippen LogP contribution in [-0.4, -0.2) is 20.4 Å². The van der Waals surface area contributed by atoms with Crippen LogP contribution in [0.15, 0.2) is 29.2 Å². The Balaban J connectivity index is 1.99. The Morgan fingerprint density at radius 3 is 2.22 bits per heavy atom. The molecule has 0 aromatic heterocycles. The van der Waals surface area contributed by atoms with Crippen LogP contribution in [0.4, 0.5) is 5.69 Å². The fourth-order valence-corrected chi connectivity index (χ4v) is 4.04. The van der Waals surface area contributed by atoms with Crippen molar-refractivity contribution in [3.8, 4) is 0 Å². The minimum atomic E-state index is -3.48. The van der Waals surface area contributed by atoms with Gasteiger partial charge in [-0.05, 0) is 42.5 Å². The Morgan fingerprint density at radius 1 is 1.13 bits per heavy atom. The molecule has 1 amide bonds. The molecule has 0 bridgehead atoms. The van der Waals surface area contributed by atoms with Gasteiger partial charge in [-0.15, -0.1) is 0 Å². The van der Waals surface area contributed by atoms with Crippen LogP contribution >= 0.6 is 0 Å². The van der Waals surface area contributed by atoms with Crippen LogP contribution in [0.25, 0.3) is 0 Å². The summed E-state index contributed by atoms with van der Waals surface area (Å²) < 4.78 is 27.4. The highest BCUT2D eigenvalue weighted by Gasteiger charge is 2.23. The molecule has 1 aromatic rings. The molecule has 0 spiro atoms. The molecule has 2 rings (SSSR count). The molecule has 0 radical (unpaired) electrons. The van der Waals surface area contributed by atoms with E-state index < -0.39 is 10.0 Å². The first kappa shape index (κ1) is 17.9. The number of benzene rings is 1. The number of nitrogens with one attached hydrogen (secondary N) is 2. The van der Waals surface area contributed by atoms with E-state index in [4.69, 9.17) is 0 Å². The summed E-state index contributed by atoms with van der Waals surface area (Å²) in [5.41, 5.74) is 0.525. The molecule has 0 saturated heterocycles. The normalized spacial score (nSPS) is 16.5. The maximum absolute atomic E-state index is 12.3. The molecular formula is C17H26N2O3S. The molecule has 0 atom stereocenters. The maximum atomic E-state index is 12.3. The van der Waals surface area contributed by atoms with Crippen molar-refractivity contribution < 1.29 is 13.2 Å². The molecule has 1 aromatic carbocycles. The van der Waals surface area contributed by atoms with Crippen LogP contribution in [0.1, 0.15) is 52.9 Å². The van der Waals surface area contributed by atoms with Gasteiger partial charge in [0.1, 0.15) is 0 Å². The van der Waals surface area contributed by atoms with E-state index in [9.17, 15) is 13.2 Å². The fraction of sp³-hybridized carbons (Fsp3) is 0.588. The standard InChI is InChI=1S/C17H26N2O3S/c1-17(2,3)12-16(20)18-13-8-10-15(11-9-13)23(21,22)19-14-6-4-5-7-14/h8-11,14,19H,4-7,12H2,1-3H3,(H,18,20). The molecule has 1 saturated carbocycles. The third-order valence-electron chi connectivity index (χ3n) is 3.82. The lowest BCUT2D eigenvalue weighted by Gasteiger charge is -2.17. The summed E-state index contributed by atoms with van der Waals surface area (Å²) in [6.07, 6.45) is 4.37. The first-order chi connectivity index (χ1) is 10.7. The molecule has 128 valence electrons. The Kier molecular flexibility index (Phi) is 5.47. The SMILES string of the molecule is CC(C)(C)CC(=O)Nc1ccc(S(=O)(=O)NC2CCCC2)cc1. The monoisotopic (exact) mass is 338 g/mol. The fourth-order valence-electron chi connectivity index (χ4n) is 2.74. The highest BCUT2D eigenvalue weighted by Crippen LogP contribution is 2.22. The number of carbonyl (C=O) groups excluding carboxylic acids is 1. The zero-order chi connectivity index (χ0) is 17.1. The first-order valence-corrected chi connectivity index (χ1v) is 9.56. The number of rotatable bonds is 5. The Morgan fingerprint density at radius 2 is 1.70 bits per heavy atom. The summed E-state index contributed by atoms with van der Waals surface area (Å²) in [6.45, 7) is 5.99. The number of hydrogen-bond donors (Lipinski definition) is 2. The van der Waals surface area contributed by atoms with Crippen LogP contribution in [0, 0.1) is 5.41 Å². The van der Waals surface area contributed by atoms with Crippen molar-refractivity contribution in [1.82, 2.24) is 4.72 Å². The topological polar surface area (TPSA) is 75.3 Å². The zero-order valence-electron chi connectivity index (χ0n) is 14.1. The molecule has 0 aliphatic heterocycles. The Labute approximate surface area is 138 Å². The maximum Gasteiger partial charge on any atom is 0.240 e. The van der Waals surface area contributed by atoms with Crippen LogP contribution in [0.2, 0.25) is 0 Å². The van der Waals surface area contributed by atoms with E-state index in [1.165, 1.54) is 12.1 Å². The van der Waals surface area contributed by atoms with Crippen molar-refractivity contribution in [2.24, 2.45) is 5.41 Å². The zero-order valence-corrected chi connectivity index (χ0v) is 14.9. The second-order valence-electron chi connectivity index (χ2n) is 7.41. The molecule has 5 nitrogen and oxygen atoms in total. The van der Waals surface area contributed by atoms with Gasteiger partial charge in [-0.3, -0.25) is 4.79 Å². The second-order valence-corrected chi connectivity index (χ2v) is 9.13. The van der Waals surface area contributed by atoms with E-state index in [0.29, 0.717) is 12.1 Å². The molecule has 2 N–H and O–H groups in total. The third kappa shape index (κ3) is 5.62. The predicted octanol–water partition coefficient (Wildman–Crippen LogP) is 3.28. The number of anilines is 1. The van der Waals surface area contributed by atoms with Gasteiger partial charge in [0.15, 0.2) is 0 Å². The smallest absolute Gasteiger partial charge is 0.240 e. The van der Waals surface area contributed by atoms with Crippen molar-refractivity contribution >= 4 is 21.6 Å². The summed E-state index contributed by atoms with van der Waals surface area (Å²) >= 11 is 0. The summed E-state index contributed by atoms with van der Waals surface area (Å²) in [4.78, 5) is 12.1. The van der Waals surface area contributed by atoms with E-state index in [-0.39, 0.29) is 22.3 Å². The predicted molar refractivity (Wildman–Crippen MR) is 91.7 cm³/mol. The van der Waals surface area contributed by atoms with E-state index in [2.05, 4.69) is 10.0 Å². The molecule has 23 heavy (non-hydrogen) atoms. The first-order valence-electron chi connectivity index (χ1n) is 8.08. The van der Waals surface area contributed by atoms with Gasteiger partial charge in [-0.25, -0.2) is 13.1 Å². The van der Waals surface area contributed by atoms with Gasteiger partial charge in [0.25, 0.3) is 0 Å². The van der Waals surface area contributed by atoms with E-state index in [1.807, 2.05) is 20.8 Å². The second kappa shape index (κ2) is 7.01. The van der Waals surface area contributed by atoms with Gasteiger partial charge in [0.05, 0.1) is 4.90 Å². The lowest BCUT2D eigenvalue weighted by molar-refractivity contribution is -0.117. The average Bonchev–Trinajstić information content (AvgIpc) is 2.89. The highest BCUT2D eigenvalue weighted by molar-refractivity contribution is 7.89. The molecule has 1 aliphatic carbocycles. The molecule has 0 unspecified atom stereocenters. The van der Waals surface area contributed by atoms with E-state index in [0.717, 1.165) is 25.7 Å². The van der Waals surface area contributed by atoms with Crippen molar-refractivity contribution in [2.45, 2.75) is 63.8 Å². The molecular weight excluding hydrogens is 312 g/mol. The third-order valence-corrected chi connectivity index (χ3v) is 5.35. The molecule has 1 fully saturated rings. The van der Waals surface area contributed by atoms with Gasteiger partial charge in [0, 0.05) is 18.2 Å². The van der Waals surface area contributed by atoms with E-state index >= 15 is 0 Å². The number of amides is 1. The van der Waals surface area contributed by atoms with Crippen LogP contribution in [-0.2, 0) is 14.8 Å². The Bertz CT molecular complexity index is 639. The molecule has 1 aliphatic rings. The summed E-state index contributed by atoms with van der Waals surface area (Å²) in [5, 5.41) is 2.80. The van der Waals surface area contributed by atoms with Gasteiger partial charge < -0.3 is 5.32 Å². The number of carbonyl (C=O) groups is 1. The summed E-state index contributed by atoms with van der Waals surface area (Å²) in [5.74, 6) is -0.0720. The van der Waals surface area contributed by atoms with Gasteiger partial charge in [-0.1, -0.05) is 33.6 Å². The van der Waals surface area contributed by atoms with Gasteiger partial charge >= 0.3 is 0 Å². The number of hydrogen-bond acceptors (Lipinski definition) is 3. The van der Waals surface area contributed by atoms with Crippen LogP contribution < -0.4 is 10.0 Å². The van der Waals surface area contributed by atoms with Crippen molar-refractivity contribution in [1.29, 1.82) is 0 Å². The van der Waals surface area contributed by atoms with Gasteiger partial charge in [-0.2, -0.15) is 0 Å². The lowest BCUT2D eigenvalue weighted by atomic mass is 9.92. The van der Waals surface area contributed by atoms with Gasteiger partial charge in [0.2, 0.25) is 15.9 Å². The average molecular weight is 338 g/mol. The molecule has 6 heteroatoms. The quantitative estimate of drug-likeness (QED) is 0.865. The van der Waals surface area contributed by atoms with Crippen LogP contribution in [0.3, 0.4) is 0 Å². The van der Waals surface area contributed by atoms with E-state index in [1.54, 1.807) is 12.1 Å². The minimum absolute atomic E-state index is 0.0474. The van der Waals surface area contributed by atoms with Crippen molar-refractivity contribution in [2.75, 3.05) is 5.32 Å². The summed E-state index contributed by atoms with van der Waals surface area (Å²) in [6, 6.07) is 6.37. The molecule has 0 heterocycles. The Hall–Kier alpha value is -1.40. The van der Waals surface area contributed by atoms with Crippen LogP contribution in [0.5, 0.6) is 0 Å². The lowest BCUT2D eigenvalue weighted by Crippen LogP contribution is -2.32. The number of sulfonamides is 1. The highest BCUT2D eigenvalue weighted by atomic mass is 32.2. The largest absolute Gasteiger partial charge is 0.326 e.